The lowest BCUT2D eigenvalue weighted by Crippen LogP contribution is -2.11. The molecule has 0 bridgehead atoms. The van der Waals surface area contributed by atoms with Crippen molar-refractivity contribution >= 4 is 5.97 Å². The highest BCUT2D eigenvalue weighted by atomic mass is 16.5. The molecule has 0 saturated heterocycles. The third-order valence-electron chi connectivity index (χ3n) is 7.28. The molecule has 5 aromatic rings. The van der Waals surface area contributed by atoms with Gasteiger partial charge in [0.1, 0.15) is 18.1 Å². The van der Waals surface area contributed by atoms with Gasteiger partial charge in [0.25, 0.3) is 0 Å². The molecule has 0 saturated carbocycles. The van der Waals surface area contributed by atoms with Crippen LogP contribution in [0.1, 0.15) is 42.5 Å². The van der Waals surface area contributed by atoms with E-state index < -0.39 is 0 Å². The molecule has 1 heterocycles. The second kappa shape index (κ2) is 13.9. The molecule has 0 N–H and O–H groups in total. The van der Waals surface area contributed by atoms with Crippen molar-refractivity contribution in [3.05, 3.63) is 125 Å². The van der Waals surface area contributed by atoms with Crippen LogP contribution in [0.2, 0.25) is 0 Å². The molecule has 0 radical (unpaired) electrons. The van der Waals surface area contributed by atoms with Gasteiger partial charge in [-0.15, -0.1) is 0 Å². The van der Waals surface area contributed by atoms with Crippen LogP contribution in [-0.4, -0.2) is 29.0 Å². The number of carbonyl (C=O) groups excluding carboxylic acids is 1. The van der Waals surface area contributed by atoms with E-state index in [0.29, 0.717) is 26.0 Å². The quantitative estimate of drug-likeness (QED) is 0.141. The first-order valence-corrected chi connectivity index (χ1v) is 14.7. The number of methoxy groups -OCH3 is 1. The van der Waals surface area contributed by atoms with E-state index in [0.717, 1.165) is 56.3 Å². The smallest absolute Gasteiger partial charge is 0.305 e. The molecule has 1 aromatic heterocycles. The minimum atomic E-state index is -0.205. The number of aryl methyl sites for hydroxylation is 2. The van der Waals surface area contributed by atoms with Gasteiger partial charge in [0.05, 0.1) is 31.1 Å². The molecule has 0 fully saturated rings. The lowest BCUT2D eigenvalue weighted by atomic mass is 10.0. The van der Waals surface area contributed by atoms with E-state index in [2.05, 4.69) is 53.2 Å². The molecule has 43 heavy (non-hydrogen) atoms. The van der Waals surface area contributed by atoms with E-state index in [4.69, 9.17) is 19.3 Å². The summed E-state index contributed by atoms with van der Waals surface area (Å²) in [5, 5.41) is 5.02. The third kappa shape index (κ3) is 7.72. The van der Waals surface area contributed by atoms with Crippen molar-refractivity contribution in [2.24, 2.45) is 0 Å². The van der Waals surface area contributed by atoms with Crippen LogP contribution in [0.25, 0.3) is 22.5 Å². The van der Waals surface area contributed by atoms with Crippen molar-refractivity contribution in [3.63, 3.8) is 0 Å². The van der Waals surface area contributed by atoms with Crippen LogP contribution in [0.5, 0.6) is 11.5 Å². The Morgan fingerprint density at radius 2 is 1.53 bits per heavy atom. The zero-order valence-electron chi connectivity index (χ0n) is 25.2. The fraction of sp³-hybridized carbons (Fsp3) is 0.243. The topological polar surface area (TPSA) is 62.6 Å². The predicted octanol–water partition coefficient (Wildman–Crippen LogP) is 8.05. The van der Waals surface area contributed by atoms with E-state index in [9.17, 15) is 4.79 Å². The highest BCUT2D eigenvalue weighted by Gasteiger charge is 2.15. The second-order valence-corrected chi connectivity index (χ2v) is 10.9. The molecule has 5 rings (SSSR count). The summed E-state index contributed by atoms with van der Waals surface area (Å²) in [4.78, 5) is 11.5. The minimum Gasteiger partial charge on any atom is -0.491 e. The fourth-order valence-corrected chi connectivity index (χ4v) is 5.02. The number of hydrogen-bond acceptors (Lipinski definition) is 5. The Bertz CT molecular complexity index is 1660. The van der Waals surface area contributed by atoms with E-state index in [1.54, 1.807) is 0 Å². The molecule has 6 nitrogen and oxygen atoms in total. The zero-order valence-corrected chi connectivity index (χ0v) is 25.2. The van der Waals surface area contributed by atoms with Gasteiger partial charge in [-0.2, -0.15) is 5.10 Å². The van der Waals surface area contributed by atoms with Crippen molar-refractivity contribution in [3.8, 4) is 34.0 Å². The predicted molar refractivity (Wildman–Crippen MR) is 170 cm³/mol. The summed E-state index contributed by atoms with van der Waals surface area (Å²) in [6.07, 6.45) is 1.02. The van der Waals surface area contributed by atoms with E-state index >= 15 is 0 Å². The van der Waals surface area contributed by atoms with Gasteiger partial charge in [0, 0.05) is 17.5 Å². The first-order valence-electron chi connectivity index (χ1n) is 14.7. The third-order valence-corrected chi connectivity index (χ3v) is 7.28. The van der Waals surface area contributed by atoms with Crippen LogP contribution in [0, 0.1) is 6.92 Å². The van der Waals surface area contributed by atoms with Gasteiger partial charge in [-0.25, -0.2) is 0 Å². The van der Waals surface area contributed by atoms with Crippen molar-refractivity contribution in [1.29, 1.82) is 0 Å². The maximum atomic E-state index is 11.5. The highest BCUT2D eigenvalue weighted by Crippen LogP contribution is 2.30. The Morgan fingerprint density at radius 3 is 2.21 bits per heavy atom. The van der Waals surface area contributed by atoms with Gasteiger partial charge < -0.3 is 14.2 Å². The number of nitrogens with zero attached hydrogens (tertiary/aromatic N) is 2. The normalized spacial score (nSPS) is 11.0. The lowest BCUT2D eigenvalue weighted by molar-refractivity contribution is -0.140. The van der Waals surface area contributed by atoms with E-state index in [-0.39, 0.29) is 12.1 Å². The molecule has 0 spiro atoms. The van der Waals surface area contributed by atoms with Crippen LogP contribution in [0.4, 0.5) is 0 Å². The SMILES string of the molecule is COC(=O)CCc1ccc(OCc2ccc(Cn3nc(-c4ccccc4)cc3-c3ccccc3)c(OC(C)C)c2)cc1C. The molecule has 0 aliphatic heterocycles. The number of hydrogen-bond donors (Lipinski definition) is 0. The average molecular weight is 575 g/mol. The molecular formula is C37H38N2O4. The Hall–Kier alpha value is -4.84. The van der Waals surface area contributed by atoms with Gasteiger partial charge in [-0.3, -0.25) is 9.48 Å². The number of esters is 1. The van der Waals surface area contributed by atoms with Crippen LogP contribution < -0.4 is 9.47 Å². The minimum absolute atomic E-state index is 0.0150. The van der Waals surface area contributed by atoms with Gasteiger partial charge in [0.2, 0.25) is 0 Å². The maximum absolute atomic E-state index is 11.5. The molecule has 0 atom stereocenters. The van der Waals surface area contributed by atoms with Crippen molar-refractivity contribution < 1.29 is 19.0 Å². The van der Waals surface area contributed by atoms with Gasteiger partial charge >= 0.3 is 5.97 Å². The molecule has 0 aliphatic rings. The van der Waals surface area contributed by atoms with Gasteiger partial charge in [0.15, 0.2) is 0 Å². The standard InChI is InChI=1S/C37H38N2O4/c1-26(2)43-36-22-28(25-42-33-19-17-29(27(3)21-33)18-20-37(40)41-4)15-16-32(36)24-39-35(31-13-9-6-10-14-31)23-34(38-39)30-11-7-5-8-12-30/h5-17,19,21-23,26H,18,20,24-25H2,1-4H3. The first kappa shape index (κ1) is 29.6. The zero-order chi connectivity index (χ0) is 30.2. The van der Waals surface area contributed by atoms with Crippen LogP contribution in [0.3, 0.4) is 0 Å². The summed E-state index contributed by atoms with van der Waals surface area (Å²) < 4.78 is 19.3. The summed E-state index contributed by atoms with van der Waals surface area (Å²) in [5.41, 5.74) is 8.43. The monoisotopic (exact) mass is 574 g/mol. The van der Waals surface area contributed by atoms with Crippen molar-refractivity contribution in [2.45, 2.75) is 52.9 Å². The largest absolute Gasteiger partial charge is 0.491 e. The Labute approximate surface area is 253 Å². The highest BCUT2D eigenvalue weighted by molar-refractivity contribution is 5.70. The second-order valence-electron chi connectivity index (χ2n) is 10.9. The first-order chi connectivity index (χ1) is 20.9. The Balaban J connectivity index is 1.37. The number of benzene rings is 4. The average Bonchev–Trinajstić information content (AvgIpc) is 3.45. The molecule has 4 aromatic carbocycles. The summed E-state index contributed by atoms with van der Waals surface area (Å²) in [7, 11) is 1.41. The van der Waals surface area contributed by atoms with Crippen molar-refractivity contribution in [2.75, 3.05) is 7.11 Å². The Morgan fingerprint density at radius 1 is 0.837 bits per heavy atom. The Kier molecular flexibility index (Phi) is 9.57. The molecule has 0 unspecified atom stereocenters. The van der Waals surface area contributed by atoms with E-state index in [1.165, 1.54) is 7.11 Å². The maximum Gasteiger partial charge on any atom is 0.305 e. The molecule has 0 amide bonds. The molecule has 6 heteroatoms. The molecular weight excluding hydrogens is 536 g/mol. The van der Waals surface area contributed by atoms with Crippen LogP contribution in [-0.2, 0) is 29.1 Å². The molecule has 0 aliphatic carbocycles. The van der Waals surface area contributed by atoms with Crippen LogP contribution >= 0.6 is 0 Å². The van der Waals surface area contributed by atoms with Gasteiger partial charge in [-0.1, -0.05) is 78.9 Å². The number of aromatic nitrogens is 2. The summed E-state index contributed by atoms with van der Waals surface area (Å²) in [6.45, 7) is 7.07. The number of carbonyl (C=O) groups is 1. The number of ether oxygens (including phenoxy) is 3. The summed E-state index contributed by atoms with van der Waals surface area (Å²) in [6, 6.07) is 35.0. The van der Waals surface area contributed by atoms with Gasteiger partial charge in [-0.05, 0) is 73.7 Å². The summed E-state index contributed by atoms with van der Waals surface area (Å²) >= 11 is 0. The van der Waals surface area contributed by atoms with E-state index in [1.807, 2.05) is 75.4 Å². The summed E-state index contributed by atoms with van der Waals surface area (Å²) in [5.74, 6) is 1.40. The molecule has 220 valence electrons. The number of rotatable bonds is 12. The fourth-order valence-electron chi connectivity index (χ4n) is 5.02. The van der Waals surface area contributed by atoms with Crippen molar-refractivity contribution in [1.82, 2.24) is 9.78 Å². The lowest BCUT2D eigenvalue weighted by Gasteiger charge is -2.17. The van der Waals surface area contributed by atoms with Crippen LogP contribution in [0.15, 0.2) is 103 Å².